The lowest BCUT2D eigenvalue weighted by molar-refractivity contribution is -0.0138. The molecule has 2 N–H and O–H groups in total. The van der Waals surface area contributed by atoms with E-state index in [9.17, 15) is 9.59 Å². The first-order valence-corrected chi connectivity index (χ1v) is 13.2. The number of fused-ring (bicyclic) bond motifs is 2. The number of ether oxygens (including phenoxy) is 2. The molecule has 10 nitrogen and oxygen atoms in total. The largest absolute Gasteiger partial charge is 0.493 e. The number of nitrogens with one attached hydrogen (secondary N) is 2. The first-order chi connectivity index (χ1) is 18.6. The molecule has 4 aromatic rings. The van der Waals surface area contributed by atoms with Gasteiger partial charge in [-0.25, -0.2) is 0 Å². The van der Waals surface area contributed by atoms with Gasteiger partial charge in [0, 0.05) is 41.6 Å². The maximum absolute atomic E-state index is 14.4. The molecule has 1 aliphatic carbocycles. The van der Waals surface area contributed by atoms with Crippen molar-refractivity contribution >= 4 is 22.5 Å². The van der Waals surface area contributed by atoms with Crippen molar-refractivity contribution in [3.63, 3.8) is 0 Å². The molecule has 2 aliphatic heterocycles. The number of Topliss-reactive ketones (excluding diaryl/α,β-unsaturated/α-hetero) is 2. The number of piperidine rings is 1. The van der Waals surface area contributed by atoms with Gasteiger partial charge in [-0.05, 0) is 74.5 Å². The minimum atomic E-state index is -0.978. The van der Waals surface area contributed by atoms with Crippen molar-refractivity contribution in [2.45, 2.75) is 44.2 Å². The highest BCUT2D eigenvalue weighted by atomic mass is 16.5. The van der Waals surface area contributed by atoms with Gasteiger partial charge in [-0.15, -0.1) is 10.2 Å². The first kappa shape index (κ1) is 23.1. The van der Waals surface area contributed by atoms with Gasteiger partial charge in [0.25, 0.3) is 0 Å². The smallest absolute Gasteiger partial charge is 0.204 e. The summed E-state index contributed by atoms with van der Waals surface area (Å²) in [5.74, 6) is 0.0718. The number of benzene rings is 2. The van der Waals surface area contributed by atoms with Gasteiger partial charge in [0.05, 0.1) is 17.7 Å². The average molecular weight is 513 g/mol. The molecule has 0 unspecified atom stereocenters. The fourth-order valence-electron chi connectivity index (χ4n) is 5.99. The molecular formula is C28H28N6O4. The molecule has 0 radical (unpaired) electrons. The van der Waals surface area contributed by atoms with E-state index in [1.165, 1.54) is 0 Å². The Morgan fingerprint density at radius 3 is 2.76 bits per heavy atom. The van der Waals surface area contributed by atoms with Crippen molar-refractivity contribution in [1.29, 1.82) is 0 Å². The number of hydrogen-bond donors (Lipinski definition) is 2. The van der Waals surface area contributed by atoms with Gasteiger partial charge >= 0.3 is 0 Å². The van der Waals surface area contributed by atoms with Crippen LogP contribution in [0.5, 0.6) is 11.5 Å². The van der Waals surface area contributed by atoms with Gasteiger partial charge < -0.3 is 19.4 Å². The summed E-state index contributed by atoms with van der Waals surface area (Å²) >= 11 is 0. The number of ketones is 2. The number of aromatic amines is 1. The van der Waals surface area contributed by atoms with E-state index in [4.69, 9.17) is 9.47 Å². The molecule has 2 aromatic heterocycles. The van der Waals surface area contributed by atoms with Gasteiger partial charge in [0.1, 0.15) is 23.0 Å². The van der Waals surface area contributed by atoms with Crippen molar-refractivity contribution in [3.05, 3.63) is 53.7 Å². The van der Waals surface area contributed by atoms with Gasteiger partial charge in [-0.2, -0.15) is 5.21 Å². The molecule has 7 rings (SSSR count). The lowest BCUT2D eigenvalue weighted by atomic mass is 9.70. The lowest BCUT2D eigenvalue weighted by Crippen LogP contribution is -2.58. The third kappa shape index (κ3) is 3.62. The Bertz CT molecular complexity index is 1550. The van der Waals surface area contributed by atoms with Crippen molar-refractivity contribution in [1.82, 2.24) is 30.5 Å². The third-order valence-electron chi connectivity index (χ3n) is 7.99. The van der Waals surface area contributed by atoms with E-state index in [-0.39, 0.29) is 11.6 Å². The number of carbonyl (C=O) groups is 2. The zero-order valence-electron chi connectivity index (χ0n) is 21.1. The van der Waals surface area contributed by atoms with E-state index in [1.807, 2.05) is 25.1 Å². The molecule has 3 aliphatic rings. The highest BCUT2D eigenvalue weighted by Gasteiger charge is 2.54. The van der Waals surface area contributed by atoms with Gasteiger partial charge in [0.15, 0.2) is 11.6 Å². The predicted molar refractivity (Wildman–Crippen MR) is 139 cm³/mol. The summed E-state index contributed by atoms with van der Waals surface area (Å²) in [5, 5.41) is 18.4. The summed E-state index contributed by atoms with van der Waals surface area (Å²) in [6.45, 7) is 3.75. The van der Waals surface area contributed by atoms with Crippen LogP contribution in [0.25, 0.3) is 22.3 Å². The Hall–Kier alpha value is -4.05. The summed E-state index contributed by atoms with van der Waals surface area (Å²) in [6, 6.07) is 11.5. The Morgan fingerprint density at radius 2 is 2.03 bits per heavy atom. The van der Waals surface area contributed by atoms with E-state index < -0.39 is 11.5 Å². The fourth-order valence-corrected chi connectivity index (χ4v) is 5.99. The molecule has 38 heavy (non-hydrogen) atoms. The summed E-state index contributed by atoms with van der Waals surface area (Å²) in [4.78, 5) is 28.6. The van der Waals surface area contributed by atoms with Crippen LogP contribution in [0.1, 0.15) is 59.4 Å². The van der Waals surface area contributed by atoms with E-state index in [0.29, 0.717) is 72.6 Å². The molecule has 2 aromatic carbocycles. The molecule has 0 bridgehead atoms. The monoisotopic (exact) mass is 512 g/mol. The van der Waals surface area contributed by atoms with Crippen molar-refractivity contribution < 1.29 is 19.1 Å². The van der Waals surface area contributed by atoms with Crippen LogP contribution in [0.15, 0.2) is 42.6 Å². The lowest BCUT2D eigenvalue weighted by Gasteiger charge is -2.45. The van der Waals surface area contributed by atoms with Crippen LogP contribution in [-0.2, 0) is 0 Å². The summed E-state index contributed by atoms with van der Waals surface area (Å²) in [7, 11) is 0. The van der Waals surface area contributed by atoms with E-state index in [0.717, 1.165) is 23.7 Å². The SMILES string of the molecule is CCOc1cc(C(=O)[C@@H]2C(=O)c3cc(-c4nn[nH]n4)ccc3OC23CCNCC3)cc2c1ccn2C1CC1. The maximum Gasteiger partial charge on any atom is 0.204 e. The molecule has 1 spiro atoms. The second-order valence-electron chi connectivity index (χ2n) is 10.3. The maximum atomic E-state index is 14.4. The molecular weight excluding hydrogens is 484 g/mol. The highest BCUT2D eigenvalue weighted by Crippen LogP contribution is 2.45. The highest BCUT2D eigenvalue weighted by molar-refractivity contribution is 6.19. The van der Waals surface area contributed by atoms with Crippen molar-refractivity contribution in [2.75, 3.05) is 19.7 Å². The molecule has 1 saturated heterocycles. The summed E-state index contributed by atoms with van der Waals surface area (Å²) < 4.78 is 14.8. The minimum absolute atomic E-state index is 0.237. The summed E-state index contributed by atoms with van der Waals surface area (Å²) in [6.07, 6.45) is 5.42. The standard InChI is InChI=1S/C28H28N6O4/c1-2-37-23-15-17(14-21-19(23)7-12-34(21)18-4-5-18)25(35)24-26(36)20-13-16(27-30-32-33-31-27)3-6-22(20)38-28(24)8-10-29-11-9-28/h3,6-7,12-15,18,24,29H,2,4-5,8-11H2,1H3,(H,30,31,32,33)/t24-/m1/s1. The van der Waals surface area contributed by atoms with E-state index in [2.05, 4.69) is 36.7 Å². The quantitative estimate of drug-likeness (QED) is 0.296. The van der Waals surface area contributed by atoms with E-state index in [1.54, 1.807) is 18.2 Å². The second-order valence-corrected chi connectivity index (χ2v) is 10.3. The topological polar surface area (TPSA) is 124 Å². The average Bonchev–Trinajstić information content (AvgIpc) is 3.43. The molecule has 1 saturated carbocycles. The summed E-state index contributed by atoms with van der Waals surface area (Å²) in [5.41, 5.74) is 1.51. The van der Waals surface area contributed by atoms with Crippen molar-refractivity contribution in [3.8, 4) is 22.9 Å². The molecule has 194 valence electrons. The van der Waals surface area contributed by atoms with Crippen LogP contribution >= 0.6 is 0 Å². The van der Waals surface area contributed by atoms with Gasteiger partial charge in [0.2, 0.25) is 5.82 Å². The Kier molecular flexibility index (Phi) is 5.33. The molecule has 0 amide bonds. The zero-order valence-corrected chi connectivity index (χ0v) is 21.1. The van der Waals surface area contributed by atoms with Crippen LogP contribution in [0.3, 0.4) is 0 Å². The predicted octanol–water partition coefficient (Wildman–Crippen LogP) is 3.75. The molecule has 10 heteroatoms. The van der Waals surface area contributed by atoms with Crippen LogP contribution in [-0.4, -0.2) is 62.1 Å². The number of aromatic nitrogens is 5. The fraction of sp³-hybridized carbons (Fsp3) is 0.393. The third-order valence-corrected chi connectivity index (χ3v) is 7.99. The minimum Gasteiger partial charge on any atom is -0.493 e. The number of H-pyrrole nitrogens is 1. The number of nitrogens with zero attached hydrogens (tertiary/aromatic N) is 4. The number of rotatable bonds is 6. The molecule has 1 atom stereocenters. The number of hydrogen-bond acceptors (Lipinski definition) is 8. The Labute approximate surface area is 218 Å². The number of tetrazole rings is 1. The van der Waals surface area contributed by atoms with Gasteiger partial charge in [-0.3, -0.25) is 9.59 Å². The Balaban J connectivity index is 1.35. The van der Waals surface area contributed by atoms with Crippen molar-refractivity contribution in [2.24, 2.45) is 5.92 Å². The van der Waals surface area contributed by atoms with Crippen LogP contribution in [0.2, 0.25) is 0 Å². The molecule has 4 heterocycles. The second kappa shape index (κ2) is 8.76. The Morgan fingerprint density at radius 1 is 1.18 bits per heavy atom. The normalized spacial score (nSPS) is 20.3. The van der Waals surface area contributed by atoms with Gasteiger partial charge in [-0.1, -0.05) is 0 Å². The van der Waals surface area contributed by atoms with Crippen LogP contribution in [0, 0.1) is 5.92 Å². The molecule has 2 fully saturated rings. The van der Waals surface area contributed by atoms with Crippen LogP contribution in [0.4, 0.5) is 0 Å². The zero-order chi connectivity index (χ0) is 25.9. The number of carbonyl (C=O) groups excluding carboxylic acids is 2. The van der Waals surface area contributed by atoms with E-state index >= 15 is 0 Å². The first-order valence-electron chi connectivity index (χ1n) is 13.2. The van der Waals surface area contributed by atoms with Crippen LogP contribution < -0.4 is 14.8 Å².